The topological polar surface area (TPSA) is 49.4 Å². The first-order chi connectivity index (χ1) is 14.7. The van der Waals surface area contributed by atoms with Crippen molar-refractivity contribution >= 4 is 35.2 Å². The zero-order valence-corrected chi connectivity index (χ0v) is 20.6. The lowest BCUT2D eigenvalue weighted by Gasteiger charge is -2.29. The molecular formula is C25H33ClN2O2S. The summed E-state index contributed by atoms with van der Waals surface area (Å²) in [5, 5.41) is 3.59. The van der Waals surface area contributed by atoms with Gasteiger partial charge in [-0.15, -0.1) is 11.8 Å². The molecule has 2 aromatic rings. The Morgan fingerprint density at radius 3 is 2.19 bits per heavy atom. The summed E-state index contributed by atoms with van der Waals surface area (Å²) >= 11 is 7.57. The Morgan fingerprint density at radius 2 is 1.61 bits per heavy atom. The molecule has 31 heavy (non-hydrogen) atoms. The Balaban J connectivity index is 2.06. The maximum absolute atomic E-state index is 13.1. The first kappa shape index (κ1) is 25.3. The van der Waals surface area contributed by atoms with Gasteiger partial charge in [0.1, 0.15) is 6.04 Å². The van der Waals surface area contributed by atoms with Crippen molar-refractivity contribution in [3.63, 3.8) is 0 Å². The van der Waals surface area contributed by atoms with Crippen molar-refractivity contribution in [3.05, 3.63) is 69.7 Å². The van der Waals surface area contributed by atoms with E-state index in [-0.39, 0.29) is 11.8 Å². The van der Waals surface area contributed by atoms with Gasteiger partial charge in [0.05, 0.1) is 5.75 Å². The summed E-state index contributed by atoms with van der Waals surface area (Å²) in [5.41, 5.74) is 4.60. The first-order valence-corrected chi connectivity index (χ1v) is 12.2. The minimum atomic E-state index is -0.552. The zero-order chi connectivity index (χ0) is 23.0. The molecule has 0 fully saturated rings. The molecule has 168 valence electrons. The predicted molar refractivity (Wildman–Crippen MR) is 131 cm³/mol. The Kier molecular flexibility index (Phi) is 9.92. The number of nitrogens with one attached hydrogen (secondary N) is 1. The minimum Gasteiger partial charge on any atom is -0.354 e. The van der Waals surface area contributed by atoms with Gasteiger partial charge in [-0.3, -0.25) is 9.59 Å². The second kappa shape index (κ2) is 12.2. The number of hydrogen-bond donors (Lipinski definition) is 1. The molecule has 0 aliphatic heterocycles. The highest BCUT2D eigenvalue weighted by molar-refractivity contribution is 7.99. The van der Waals surface area contributed by atoms with E-state index in [9.17, 15) is 9.59 Å². The molecule has 0 heterocycles. The molecular weight excluding hydrogens is 428 g/mol. The molecule has 0 bridgehead atoms. The van der Waals surface area contributed by atoms with Gasteiger partial charge in [-0.25, -0.2) is 0 Å². The molecule has 1 N–H and O–H groups in total. The van der Waals surface area contributed by atoms with Crippen LogP contribution in [0, 0.1) is 19.8 Å². The van der Waals surface area contributed by atoms with Crippen LogP contribution >= 0.6 is 23.4 Å². The third-order valence-corrected chi connectivity index (χ3v) is 6.13. The lowest BCUT2D eigenvalue weighted by Crippen LogP contribution is -2.48. The smallest absolute Gasteiger partial charge is 0.242 e. The largest absolute Gasteiger partial charge is 0.354 e. The van der Waals surface area contributed by atoms with Crippen LogP contribution in [0.25, 0.3) is 0 Å². The molecule has 4 nitrogen and oxygen atoms in total. The highest BCUT2D eigenvalue weighted by atomic mass is 35.5. The van der Waals surface area contributed by atoms with Crippen LogP contribution in [0.15, 0.2) is 42.5 Å². The van der Waals surface area contributed by atoms with Gasteiger partial charge < -0.3 is 10.2 Å². The lowest BCUT2D eigenvalue weighted by molar-refractivity contribution is -0.138. The van der Waals surface area contributed by atoms with Gasteiger partial charge in [0, 0.05) is 23.9 Å². The van der Waals surface area contributed by atoms with E-state index in [2.05, 4.69) is 37.4 Å². The number of amides is 2. The molecule has 2 rings (SSSR count). The van der Waals surface area contributed by atoms with Crippen molar-refractivity contribution in [2.45, 2.75) is 53.0 Å². The summed E-state index contributed by atoms with van der Waals surface area (Å²) in [6.45, 7) is 11.0. The maximum atomic E-state index is 13.1. The van der Waals surface area contributed by atoms with Gasteiger partial charge in [0.2, 0.25) is 11.8 Å². The number of carbonyl (C=O) groups is 2. The fourth-order valence-corrected chi connectivity index (χ4v) is 4.28. The van der Waals surface area contributed by atoms with E-state index in [1.807, 2.05) is 26.0 Å². The number of rotatable bonds is 10. The SMILES string of the molecule is Cc1cc(C)cc(CSCC(=O)N(Cc2ccc(Cl)cc2)C(C)C(=O)NCC(C)C)c1. The average molecular weight is 461 g/mol. The van der Waals surface area contributed by atoms with E-state index in [0.717, 1.165) is 11.3 Å². The van der Waals surface area contributed by atoms with Gasteiger partial charge in [0.15, 0.2) is 0 Å². The molecule has 0 radical (unpaired) electrons. The van der Waals surface area contributed by atoms with Gasteiger partial charge in [-0.2, -0.15) is 0 Å². The Bertz CT molecular complexity index is 863. The third-order valence-electron chi connectivity index (χ3n) is 4.89. The van der Waals surface area contributed by atoms with Crippen molar-refractivity contribution in [2.24, 2.45) is 5.92 Å². The van der Waals surface area contributed by atoms with Crippen LogP contribution in [0.5, 0.6) is 0 Å². The lowest BCUT2D eigenvalue weighted by atomic mass is 10.1. The normalized spacial score (nSPS) is 12.0. The monoisotopic (exact) mass is 460 g/mol. The number of aryl methyl sites for hydroxylation is 2. The van der Waals surface area contributed by atoms with Crippen LogP contribution in [0.2, 0.25) is 5.02 Å². The van der Waals surface area contributed by atoms with Crippen LogP contribution < -0.4 is 5.32 Å². The number of halogens is 1. The molecule has 2 amide bonds. The van der Waals surface area contributed by atoms with Crippen LogP contribution in [0.3, 0.4) is 0 Å². The second-order valence-electron chi connectivity index (χ2n) is 8.45. The molecule has 0 spiro atoms. The number of carbonyl (C=O) groups excluding carboxylic acids is 2. The second-order valence-corrected chi connectivity index (χ2v) is 9.87. The maximum Gasteiger partial charge on any atom is 0.242 e. The van der Waals surface area contributed by atoms with E-state index in [1.54, 1.807) is 35.7 Å². The molecule has 2 aromatic carbocycles. The molecule has 0 aliphatic rings. The van der Waals surface area contributed by atoms with Gasteiger partial charge >= 0.3 is 0 Å². The van der Waals surface area contributed by atoms with Gasteiger partial charge in [0.25, 0.3) is 0 Å². The van der Waals surface area contributed by atoms with Gasteiger partial charge in [-0.1, -0.05) is 66.9 Å². The number of thioether (sulfide) groups is 1. The van der Waals surface area contributed by atoms with Crippen LogP contribution in [0.1, 0.15) is 43.0 Å². The molecule has 0 saturated heterocycles. The molecule has 6 heteroatoms. The highest BCUT2D eigenvalue weighted by Gasteiger charge is 2.26. The molecule has 0 saturated carbocycles. The summed E-state index contributed by atoms with van der Waals surface area (Å²) in [4.78, 5) is 27.5. The Hall–Kier alpha value is -1.98. The minimum absolute atomic E-state index is 0.0449. The predicted octanol–water partition coefficient (Wildman–Crippen LogP) is 5.38. The fourth-order valence-electron chi connectivity index (χ4n) is 3.31. The number of nitrogens with zero attached hydrogens (tertiary/aromatic N) is 1. The first-order valence-electron chi connectivity index (χ1n) is 10.6. The summed E-state index contributed by atoms with van der Waals surface area (Å²) in [6.07, 6.45) is 0. The fraction of sp³-hybridized carbons (Fsp3) is 0.440. The van der Waals surface area contributed by atoms with Crippen LogP contribution in [-0.2, 0) is 21.9 Å². The standard InChI is InChI=1S/C25H33ClN2O2S/c1-17(2)13-27-25(30)20(5)28(14-21-6-8-23(26)9-7-21)24(29)16-31-15-22-11-18(3)10-19(4)12-22/h6-12,17,20H,13-16H2,1-5H3,(H,27,30). The Labute approximate surface area is 195 Å². The third kappa shape index (κ3) is 8.58. The van der Waals surface area contributed by atoms with Crippen molar-refractivity contribution in [3.8, 4) is 0 Å². The number of benzene rings is 2. The summed E-state index contributed by atoms with van der Waals surface area (Å²) < 4.78 is 0. The van der Waals surface area contributed by atoms with Crippen molar-refractivity contribution in [1.29, 1.82) is 0 Å². The van der Waals surface area contributed by atoms with E-state index in [0.29, 0.717) is 29.8 Å². The summed E-state index contributed by atoms with van der Waals surface area (Å²) in [7, 11) is 0. The summed E-state index contributed by atoms with van der Waals surface area (Å²) in [6, 6.07) is 13.3. The summed E-state index contributed by atoms with van der Waals surface area (Å²) in [5.74, 6) is 1.26. The van der Waals surface area contributed by atoms with E-state index in [1.165, 1.54) is 16.7 Å². The molecule has 0 aliphatic carbocycles. The zero-order valence-electron chi connectivity index (χ0n) is 19.1. The quantitative estimate of drug-likeness (QED) is 0.517. The number of hydrogen-bond acceptors (Lipinski definition) is 3. The van der Waals surface area contributed by atoms with Crippen LogP contribution in [0.4, 0.5) is 0 Å². The van der Waals surface area contributed by atoms with E-state index in [4.69, 9.17) is 11.6 Å². The molecule has 0 aromatic heterocycles. The van der Waals surface area contributed by atoms with E-state index >= 15 is 0 Å². The van der Waals surface area contributed by atoms with Crippen molar-refractivity contribution in [2.75, 3.05) is 12.3 Å². The molecule has 1 atom stereocenters. The van der Waals surface area contributed by atoms with Crippen molar-refractivity contribution < 1.29 is 9.59 Å². The van der Waals surface area contributed by atoms with Crippen LogP contribution in [-0.4, -0.2) is 35.1 Å². The molecule has 1 unspecified atom stereocenters. The van der Waals surface area contributed by atoms with E-state index < -0.39 is 6.04 Å². The Morgan fingerprint density at radius 1 is 1.00 bits per heavy atom. The van der Waals surface area contributed by atoms with Gasteiger partial charge in [-0.05, 0) is 49.9 Å². The van der Waals surface area contributed by atoms with Crippen molar-refractivity contribution in [1.82, 2.24) is 10.2 Å². The average Bonchev–Trinajstić information content (AvgIpc) is 2.70. The highest BCUT2D eigenvalue weighted by Crippen LogP contribution is 2.19.